The molecule has 2 aromatic heterocycles. The SMILES string of the molecule is O=Cc1cn(-c2ccccc2)nc1-c1cc(Cl)ccc1OCc1cn(Cc2cccc(Cl)c2)nn1. The van der Waals surface area contributed by atoms with E-state index >= 15 is 0 Å². The van der Waals surface area contributed by atoms with Gasteiger partial charge in [0.2, 0.25) is 0 Å². The maximum absolute atomic E-state index is 11.8. The van der Waals surface area contributed by atoms with Gasteiger partial charge in [0.05, 0.1) is 24.0 Å². The Balaban J connectivity index is 1.38. The van der Waals surface area contributed by atoms with Crippen molar-refractivity contribution in [2.75, 3.05) is 0 Å². The van der Waals surface area contributed by atoms with Crippen LogP contribution in [-0.2, 0) is 13.2 Å². The van der Waals surface area contributed by atoms with Crippen molar-refractivity contribution in [3.8, 4) is 22.7 Å². The number of para-hydroxylation sites is 1. The Morgan fingerprint density at radius 3 is 2.54 bits per heavy atom. The second kappa shape index (κ2) is 10.1. The van der Waals surface area contributed by atoms with Crippen molar-refractivity contribution in [3.05, 3.63) is 112 Å². The molecule has 7 nitrogen and oxygen atoms in total. The molecule has 5 rings (SSSR count). The topological polar surface area (TPSA) is 74.8 Å². The summed E-state index contributed by atoms with van der Waals surface area (Å²) in [7, 11) is 0. The standard InChI is InChI=1S/C26H19Cl2N5O2/c27-20-6-4-5-18(11-20)13-32-15-22(29-31-32)17-35-25-10-9-21(28)12-24(25)26-19(16-34)14-33(30-26)23-7-2-1-3-8-23/h1-12,14-16H,13,17H2. The van der Waals surface area contributed by atoms with Crippen LogP contribution in [0.4, 0.5) is 0 Å². The molecule has 0 fully saturated rings. The molecular formula is C26H19Cl2N5O2. The van der Waals surface area contributed by atoms with E-state index in [0.29, 0.717) is 44.9 Å². The van der Waals surface area contributed by atoms with Crippen molar-refractivity contribution in [2.45, 2.75) is 13.2 Å². The van der Waals surface area contributed by atoms with Gasteiger partial charge in [-0.1, -0.05) is 58.7 Å². The lowest BCUT2D eigenvalue weighted by Gasteiger charge is -2.10. The molecule has 0 saturated carbocycles. The van der Waals surface area contributed by atoms with Gasteiger partial charge in [-0.15, -0.1) is 5.10 Å². The number of hydrogen-bond donors (Lipinski definition) is 0. The zero-order valence-electron chi connectivity index (χ0n) is 18.4. The highest BCUT2D eigenvalue weighted by atomic mass is 35.5. The van der Waals surface area contributed by atoms with Crippen LogP contribution in [0.2, 0.25) is 10.0 Å². The van der Waals surface area contributed by atoms with Crippen molar-refractivity contribution in [3.63, 3.8) is 0 Å². The summed E-state index contributed by atoms with van der Waals surface area (Å²) >= 11 is 12.3. The Morgan fingerprint density at radius 2 is 1.74 bits per heavy atom. The monoisotopic (exact) mass is 503 g/mol. The summed E-state index contributed by atoms with van der Waals surface area (Å²) in [5, 5.41) is 14.2. The third-order valence-electron chi connectivity index (χ3n) is 5.28. The molecule has 174 valence electrons. The minimum Gasteiger partial charge on any atom is -0.486 e. The molecular weight excluding hydrogens is 485 g/mol. The summed E-state index contributed by atoms with van der Waals surface area (Å²) in [5.41, 5.74) is 4.02. The van der Waals surface area contributed by atoms with Gasteiger partial charge in [0, 0.05) is 21.8 Å². The molecule has 0 amide bonds. The average molecular weight is 504 g/mol. The molecule has 0 radical (unpaired) electrons. The predicted molar refractivity (Wildman–Crippen MR) is 134 cm³/mol. The maximum Gasteiger partial charge on any atom is 0.153 e. The number of aromatic nitrogens is 5. The Bertz CT molecular complexity index is 1480. The van der Waals surface area contributed by atoms with Gasteiger partial charge in [0.1, 0.15) is 23.7 Å². The van der Waals surface area contributed by atoms with E-state index in [-0.39, 0.29) is 6.61 Å². The second-order valence-electron chi connectivity index (χ2n) is 7.80. The van der Waals surface area contributed by atoms with Gasteiger partial charge in [-0.25, -0.2) is 9.36 Å². The summed E-state index contributed by atoms with van der Waals surface area (Å²) in [6, 6.07) is 22.4. The van der Waals surface area contributed by atoms with Crippen molar-refractivity contribution >= 4 is 29.5 Å². The number of halogens is 2. The summed E-state index contributed by atoms with van der Waals surface area (Å²) in [6.07, 6.45) is 4.27. The average Bonchev–Trinajstić information content (AvgIpc) is 3.51. The molecule has 3 aromatic carbocycles. The Morgan fingerprint density at radius 1 is 0.914 bits per heavy atom. The summed E-state index contributed by atoms with van der Waals surface area (Å²) in [5.74, 6) is 0.528. The van der Waals surface area contributed by atoms with E-state index in [9.17, 15) is 4.79 Å². The van der Waals surface area contributed by atoms with Crippen LogP contribution in [0.15, 0.2) is 85.2 Å². The third-order valence-corrected chi connectivity index (χ3v) is 5.75. The Kier molecular flexibility index (Phi) is 6.61. The number of rotatable bonds is 8. The number of hydrogen-bond acceptors (Lipinski definition) is 5. The van der Waals surface area contributed by atoms with Gasteiger partial charge < -0.3 is 4.74 Å². The maximum atomic E-state index is 11.8. The van der Waals surface area contributed by atoms with Crippen LogP contribution in [0.25, 0.3) is 16.9 Å². The van der Waals surface area contributed by atoms with Crippen molar-refractivity contribution in [2.24, 2.45) is 0 Å². The van der Waals surface area contributed by atoms with Gasteiger partial charge in [-0.3, -0.25) is 4.79 Å². The zero-order valence-corrected chi connectivity index (χ0v) is 19.9. The smallest absolute Gasteiger partial charge is 0.153 e. The van der Waals surface area contributed by atoms with E-state index in [1.165, 1.54) is 0 Å². The van der Waals surface area contributed by atoms with Crippen molar-refractivity contribution < 1.29 is 9.53 Å². The first-order chi connectivity index (χ1) is 17.1. The fourth-order valence-corrected chi connectivity index (χ4v) is 4.05. The number of carbonyl (C=O) groups is 1. The molecule has 0 spiro atoms. The van der Waals surface area contributed by atoms with E-state index in [2.05, 4.69) is 15.4 Å². The van der Waals surface area contributed by atoms with Crippen LogP contribution >= 0.6 is 23.2 Å². The molecule has 9 heteroatoms. The van der Waals surface area contributed by atoms with Crippen LogP contribution in [0, 0.1) is 0 Å². The zero-order chi connectivity index (χ0) is 24.2. The highest BCUT2D eigenvalue weighted by Gasteiger charge is 2.17. The van der Waals surface area contributed by atoms with Gasteiger partial charge in [0.15, 0.2) is 6.29 Å². The molecule has 0 aliphatic heterocycles. The van der Waals surface area contributed by atoms with Crippen LogP contribution in [0.3, 0.4) is 0 Å². The fourth-order valence-electron chi connectivity index (χ4n) is 3.66. The van der Waals surface area contributed by atoms with Crippen molar-refractivity contribution in [1.82, 2.24) is 24.8 Å². The molecule has 0 bridgehead atoms. The quantitative estimate of drug-likeness (QED) is 0.247. The van der Waals surface area contributed by atoms with Crippen LogP contribution in [0.5, 0.6) is 5.75 Å². The van der Waals surface area contributed by atoms with Crippen LogP contribution in [0.1, 0.15) is 21.6 Å². The molecule has 0 N–H and O–H groups in total. The normalized spacial score (nSPS) is 10.9. The lowest BCUT2D eigenvalue weighted by Crippen LogP contribution is -2.00. The highest BCUT2D eigenvalue weighted by molar-refractivity contribution is 6.31. The molecule has 0 unspecified atom stereocenters. The van der Waals surface area contributed by atoms with E-state index in [1.807, 2.05) is 60.8 Å². The summed E-state index contributed by atoms with van der Waals surface area (Å²) in [4.78, 5) is 11.8. The number of aldehydes is 1. The molecule has 0 aliphatic carbocycles. The van der Waals surface area contributed by atoms with Gasteiger partial charge in [-0.05, 0) is 48.0 Å². The lowest BCUT2D eigenvalue weighted by molar-refractivity contribution is 0.112. The Labute approximate surface area is 211 Å². The second-order valence-corrected chi connectivity index (χ2v) is 8.67. The fraction of sp³-hybridized carbons (Fsp3) is 0.0769. The first-order valence-electron chi connectivity index (χ1n) is 10.8. The molecule has 0 saturated heterocycles. The number of nitrogens with zero attached hydrogens (tertiary/aromatic N) is 5. The van der Waals surface area contributed by atoms with E-state index < -0.39 is 0 Å². The lowest BCUT2D eigenvalue weighted by atomic mass is 10.1. The predicted octanol–water partition coefficient (Wildman–Crippen LogP) is 5.88. The first kappa shape index (κ1) is 22.8. The third kappa shape index (κ3) is 5.26. The van der Waals surface area contributed by atoms with E-state index in [4.69, 9.17) is 27.9 Å². The van der Waals surface area contributed by atoms with Gasteiger partial charge >= 0.3 is 0 Å². The van der Waals surface area contributed by atoms with E-state index in [1.54, 1.807) is 33.8 Å². The Hall–Kier alpha value is -3.94. The molecule has 0 aliphatic rings. The molecule has 5 aromatic rings. The number of benzene rings is 3. The first-order valence-corrected chi connectivity index (χ1v) is 11.5. The number of ether oxygens (including phenoxy) is 1. The molecule has 0 atom stereocenters. The van der Waals surface area contributed by atoms with Gasteiger partial charge in [-0.2, -0.15) is 5.10 Å². The van der Waals surface area contributed by atoms with Crippen LogP contribution in [-0.4, -0.2) is 31.1 Å². The van der Waals surface area contributed by atoms with Gasteiger partial charge in [0.25, 0.3) is 0 Å². The minimum atomic E-state index is 0.181. The summed E-state index contributed by atoms with van der Waals surface area (Å²) in [6.45, 7) is 0.722. The van der Waals surface area contributed by atoms with Crippen LogP contribution < -0.4 is 4.74 Å². The van der Waals surface area contributed by atoms with E-state index in [0.717, 1.165) is 17.5 Å². The minimum absolute atomic E-state index is 0.181. The number of carbonyl (C=O) groups excluding carboxylic acids is 1. The molecule has 2 heterocycles. The van der Waals surface area contributed by atoms with Crippen molar-refractivity contribution in [1.29, 1.82) is 0 Å². The molecule has 35 heavy (non-hydrogen) atoms. The largest absolute Gasteiger partial charge is 0.486 e. The highest BCUT2D eigenvalue weighted by Crippen LogP contribution is 2.34. The summed E-state index contributed by atoms with van der Waals surface area (Å²) < 4.78 is 9.45.